The summed E-state index contributed by atoms with van der Waals surface area (Å²) in [5.41, 5.74) is 2.82. The molecule has 0 aliphatic rings. The van der Waals surface area contributed by atoms with Crippen LogP contribution in [0.4, 0.5) is 0 Å². The van der Waals surface area contributed by atoms with Gasteiger partial charge in [0.05, 0.1) is 16.5 Å². The molecule has 6 rings (SSSR count). The van der Waals surface area contributed by atoms with Gasteiger partial charge in [-0.05, 0) is 46.2 Å². The topological polar surface area (TPSA) is 124 Å². The maximum Gasteiger partial charge on any atom is 0.295 e. The van der Waals surface area contributed by atoms with Gasteiger partial charge in [0, 0.05) is 5.39 Å². The Labute approximate surface area is 211 Å². The Kier molecular flexibility index (Phi) is 5.60. The lowest BCUT2D eigenvalue weighted by Crippen LogP contribution is -1.99. The third-order valence-corrected chi connectivity index (χ3v) is 7.08. The number of phenols is 2. The molecule has 1 heterocycles. The largest absolute Gasteiger partial charge is 0.507 e. The fourth-order valence-corrected chi connectivity index (χ4v) is 5.32. The standard InChI is InChI=1S/C27H18N2O5S.ClH/c30-22-10-4-9-20-24(35(32,33)34)14-21-26(25(20)22)29-27(28-21)19-12-11-16(13-23(19)31)18-8-3-6-15-5-1-2-7-17(15)18;/h1-14,30-31H,(H,28,29)(H,32,33,34);1H. The highest BCUT2D eigenvalue weighted by atomic mass is 35.5. The molecular formula is C27H19ClN2O5S. The second-order valence-electron chi connectivity index (χ2n) is 8.29. The lowest BCUT2D eigenvalue weighted by Gasteiger charge is -2.09. The van der Waals surface area contributed by atoms with E-state index in [1.54, 1.807) is 12.1 Å². The Morgan fingerprint density at radius 1 is 0.750 bits per heavy atom. The van der Waals surface area contributed by atoms with Gasteiger partial charge in [0.1, 0.15) is 27.7 Å². The lowest BCUT2D eigenvalue weighted by atomic mass is 9.97. The number of benzene rings is 5. The predicted molar refractivity (Wildman–Crippen MR) is 142 cm³/mol. The number of hydrogen-bond acceptors (Lipinski definition) is 5. The number of halogens is 1. The number of nitrogens with one attached hydrogen (secondary N) is 1. The molecule has 0 fully saturated rings. The SMILES string of the molecule is Cl.O=S(=O)(O)c1cc2[nH]c(-c3ccc(-c4cccc5ccccc45)cc3O)nc2c2c(O)cccc12. The van der Waals surface area contributed by atoms with Crippen LogP contribution in [0.3, 0.4) is 0 Å². The maximum atomic E-state index is 12.0. The summed E-state index contributed by atoms with van der Waals surface area (Å²) >= 11 is 0. The molecule has 4 N–H and O–H groups in total. The van der Waals surface area contributed by atoms with Gasteiger partial charge in [-0.2, -0.15) is 8.42 Å². The molecule has 0 saturated heterocycles. The van der Waals surface area contributed by atoms with Gasteiger partial charge in [-0.1, -0.05) is 60.7 Å². The molecule has 6 aromatic rings. The summed E-state index contributed by atoms with van der Waals surface area (Å²) in [6.45, 7) is 0. The van der Waals surface area contributed by atoms with Crippen LogP contribution in [0.1, 0.15) is 0 Å². The Morgan fingerprint density at radius 2 is 1.47 bits per heavy atom. The van der Waals surface area contributed by atoms with E-state index in [4.69, 9.17) is 0 Å². The zero-order valence-corrected chi connectivity index (χ0v) is 20.1. The quantitative estimate of drug-likeness (QED) is 0.204. The molecule has 1 aromatic heterocycles. The Bertz CT molecular complexity index is 1910. The van der Waals surface area contributed by atoms with Crippen LogP contribution < -0.4 is 0 Å². The number of nitrogens with zero attached hydrogens (tertiary/aromatic N) is 1. The van der Waals surface area contributed by atoms with Crippen LogP contribution in [-0.2, 0) is 10.1 Å². The van der Waals surface area contributed by atoms with Gasteiger partial charge in [-0.3, -0.25) is 4.55 Å². The van der Waals surface area contributed by atoms with Crippen LogP contribution >= 0.6 is 12.4 Å². The second-order valence-corrected chi connectivity index (χ2v) is 9.68. The highest BCUT2D eigenvalue weighted by molar-refractivity contribution is 7.86. The molecule has 0 spiro atoms. The van der Waals surface area contributed by atoms with Gasteiger partial charge >= 0.3 is 0 Å². The first-order valence-electron chi connectivity index (χ1n) is 10.7. The van der Waals surface area contributed by atoms with Crippen LogP contribution in [-0.4, -0.2) is 33.2 Å². The highest BCUT2D eigenvalue weighted by Crippen LogP contribution is 2.39. The minimum absolute atomic E-state index is 0. The van der Waals surface area contributed by atoms with E-state index in [1.807, 2.05) is 48.5 Å². The number of rotatable bonds is 3. The van der Waals surface area contributed by atoms with Gasteiger partial charge in [0.15, 0.2) is 0 Å². The molecule has 9 heteroatoms. The van der Waals surface area contributed by atoms with Gasteiger partial charge in [-0.15, -0.1) is 12.4 Å². The molecule has 0 unspecified atom stereocenters. The van der Waals surface area contributed by atoms with E-state index in [-0.39, 0.29) is 39.6 Å². The van der Waals surface area contributed by atoms with Crippen molar-refractivity contribution in [2.75, 3.05) is 0 Å². The van der Waals surface area contributed by atoms with Crippen molar-refractivity contribution in [3.8, 4) is 34.0 Å². The van der Waals surface area contributed by atoms with E-state index in [1.165, 1.54) is 24.3 Å². The first-order valence-corrected chi connectivity index (χ1v) is 12.2. The molecule has 0 saturated carbocycles. The number of phenolic OH excluding ortho intramolecular Hbond substituents is 2. The number of imidazole rings is 1. The zero-order valence-electron chi connectivity index (χ0n) is 18.5. The second kappa shape index (κ2) is 8.53. The van der Waals surface area contributed by atoms with E-state index in [0.717, 1.165) is 21.9 Å². The number of aromatic amines is 1. The molecule has 0 amide bonds. The van der Waals surface area contributed by atoms with E-state index < -0.39 is 10.1 Å². The summed E-state index contributed by atoms with van der Waals surface area (Å²) in [6.07, 6.45) is 0. The van der Waals surface area contributed by atoms with Crippen molar-refractivity contribution >= 4 is 55.1 Å². The molecule has 180 valence electrons. The highest BCUT2D eigenvalue weighted by Gasteiger charge is 2.21. The lowest BCUT2D eigenvalue weighted by molar-refractivity contribution is 0.477. The van der Waals surface area contributed by atoms with E-state index in [9.17, 15) is 23.2 Å². The summed E-state index contributed by atoms with van der Waals surface area (Å²) in [5.74, 6) is 0.101. The fraction of sp³-hybridized carbons (Fsp3) is 0. The first-order chi connectivity index (χ1) is 16.8. The van der Waals surface area contributed by atoms with Crippen LogP contribution in [0.2, 0.25) is 0 Å². The van der Waals surface area contributed by atoms with Gasteiger partial charge in [0.2, 0.25) is 0 Å². The molecule has 5 aromatic carbocycles. The molecule has 0 aliphatic carbocycles. The molecule has 0 bridgehead atoms. The smallest absolute Gasteiger partial charge is 0.295 e. The minimum atomic E-state index is -4.56. The van der Waals surface area contributed by atoms with E-state index in [2.05, 4.69) is 9.97 Å². The maximum absolute atomic E-state index is 12.0. The Balaban J connectivity index is 0.00000267. The molecule has 7 nitrogen and oxygen atoms in total. The molecular weight excluding hydrogens is 500 g/mol. The third-order valence-electron chi connectivity index (χ3n) is 6.18. The van der Waals surface area contributed by atoms with Crippen molar-refractivity contribution in [1.29, 1.82) is 0 Å². The molecule has 36 heavy (non-hydrogen) atoms. The van der Waals surface area contributed by atoms with Crippen LogP contribution in [0, 0.1) is 0 Å². The fourth-order valence-electron chi connectivity index (χ4n) is 4.60. The predicted octanol–water partition coefficient (Wildman–Crippen LogP) is 6.28. The normalized spacial score (nSPS) is 11.7. The Hall–Kier alpha value is -4.11. The zero-order chi connectivity index (χ0) is 24.3. The summed E-state index contributed by atoms with van der Waals surface area (Å²) in [7, 11) is -4.56. The van der Waals surface area contributed by atoms with Crippen molar-refractivity contribution in [1.82, 2.24) is 9.97 Å². The van der Waals surface area contributed by atoms with Crippen LogP contribution in [0.5, 0.6) is 11.5 Å². The van der Waals surface area contributed by atoms with Crippen LogP contribution in [0.15, 0.2) is 89.8 Å². The summed E-state index contributed by atoms with van der Waals surface area (Å²) < 4.78 is 33.7. The number of aromatic nitrogens is 2. The van der Waals surface area contributed by atoms with Crippen molar-refractivity contribution < 1.29 is 23.2 Å². The van der Waals surface area contributed by atoms with Crippen LogP contribution in [0.25, 0.3) is 55.1 Å². The van der Waals surface area contributed by atoms with Crippen molar-refractivity contribution in [3.63, 3.8) is 0 Å². The summed E-state index contributed by atoms with van der Waals surface area (Å²) in [4.78, 5) is 7.23. The first kappa shape index (κ1) is 23.6. The molecule has 0 radical (unpaired) electrons. The Morgan fingerprint density at radius 3 is 2.25 bits per heavy atom. The number of aromatic hydroxyl groups is 2. The van der Waals surface area contributed by atoms with Crippen molar-refractivity contribution in [2.45, 2.75) is 4.90 Å². The summed E-state index contributed by atoms with van der Waals surface area (Å²) in [6, 6.07) is 24.9. The van der Waals surface area contributed by atoms with E-state index in [0.29, 0.717) is 22.4 Å². The van der Waals surface area contributed by atoms with Crippen molar-refractivity contribution in [3.05, 3.63) is 84.9 Å². The van der Waals surface area contributed by atoms with E-state index >= 15 is 0 Å². The number of fused-ring (bicyclic) bond motifs is 4. The number of hydrogen-bond donors (Lipinski definition) is 4. The average molecular weight is 519 g/mol. The number of H-pyrrole nitrogens is 1. The third kappa shape index (κ3) is 3.72. The molecule has 0 atom stereocenters. The van der Waals surface area contributed by atoms with Gasteiger partial charge in [0.25, 0.3) is 10.1 Å². The van der Waals surface area contributed by atoms with Gasteiger partial charge in [-0.25, -0.2) is 4.98 Å². The minimum Gasteiger partial charge on any atom is -0.507 e. The average Bonchev–Trinajstić information content (AvgIpc) is 3.26. The van der Waals surface area contributed by atoms with Crippen molar-refractivity contribution in [2.24, 2.45) is 0 Å². The molecule has 0 aliphatic heterocycles. The monoisotopic (exact) mass is 518 g/mol. The van der Waals surface area contributed by atoms with Gasteiger partial charge < -0.3 is 15.2 Å². The summed E-state index contributed by atoms with van der Waals surface area (Å²) in [5, 5.41) is 23.9.